The fraction of sp³-hybridized carbons (Fsp3) is 0.600. The minimum atomic E-state index is -0.282. The maximum Gasteiger partial charge on any atom is 0.321 e. The van der Waals surface area contributed by atoms with E-state index in [4.69, 9.17) is 9.26 Å². The number of aromatic nitrogens is 1. The van der Waals surface area contributed by atoms with E-state index in [1.165, 1.54) is 6.20 Å². The predicted molar refractivity (Wildman–Crippen MR) is 60.8 cm³/mol. The molecule has 1 aliphatic heterocycles. The average molecular weight is 240 g/mol. The summed E-state index contributed by atoms with van der Waals surface area (Å²) in [6.45, 7) is 4.80. The van der Waals surface area contributed by atoms with Crippen molar-refractivity contribution >= 4 is 11.9 Å². The molecule has 1 fully saturated rings. The van der Waals surface area contributed by atoms with Crippen LogP contribution < -0.4 is 10.6 Å². The van der Waals surface area contributed by atoms with Crippen molar-refractivity contribution in [3.63, 3.8) is 0 Å². The van der Waals surface area contributed by atoms with Gasteiger partial charge in [-0.15, -0.1) is 0 Å². The lowest BCUT2D eigenvalue weighted by atomic mass is 10.4. The van der Waals surface area contributed by atoms with E-state index in [9.17, 15) is 4.79 Å². The summed E-state index contributed by atoms with van der Waals surface area (Å²) in [5, 5.41) is 8.77. The minimum absolute atomic E-state index is 0.282. The molecular formula is C10H16N4O3. The molecule has 0 atom stereocenters. The molecule has 1 aliphatic rings. The van der Waals surface area contributed by atoms with Gasteiger partial charge in [0.15, 0.2) is 0 Å². The third-order valence-electron chi connectivity index (χ3n) is 2.49. The Morgan fingerprint density at radius 2 is 2.29 bits per heavy atom. The van der Waals surface area contributed by atoms with Crippen LogP contribution >= 0.6 is 0 Å². The number of hydrogen-bond donors (Lipinski definition) is 2. The average Bonchev–Trinajstić information content (AvgIpc) is 2.83. The summed E-state index contributed by atoms with van der Waals surface area (Å²) in [5.41, 5.74) is 0. The van der Waals surface area contributed by atoms with Crippen LogP contribution in [0.1, 0.15) is 0 Å². The Hall–Kier alpha value is -1.60. The predicted octanol–water partition coefficient (Wildman–Crippen LogP) is 0.128. The molecule has 0 spiro atoms. The lowest BCUT2D eigenvalue weighted by Gasteiger charge is -2.26. The van der Waals surface area contributed by atoms with Gasteiger partial charge in [0.2, 0.25) is 5.88 Å². The summed E-state index contributed by atoms with van der Waals surface area (Å²) in [7, 11) is 0. The number of nitrogens with zero attached hydrogens (tertiary/aromatic N) is 2. The largest absolute Gasteiger partial charge is 0.379 e. The van der Waals surface area contributed by atoms with Crippen LogP contribution in [0.2, 0.25) is 0 Å². The summed E-state index contributed by atoms with van der Waals surface area (Å²) in [6, 6.07) is 1.30. The fourth-order valence-electron chi connectivity index (χ4n) is 1.59. The van der Waals surface area contributed by atoms with E-state index in [2.05, 4.69) is 20.7 Å². The van der Waals surface area contributed by atoms with E-state index in [0.717, 1.165) is 32.8 Å². The van der Waals surface area contributed by atoms with Gasteiger partial charge in [-0.3, -0.25) is 10.2 Å². The first-order valence-corrected chi connectivity index (χ1v) is 5.60. The van der Waals surface area contributed by atoms with Crippen molar-refractivity contribution in [2.75, 3.05) is 44.7 Å². The van der Waals surface area contributed by atoms with Crippen molar-refractivity contribution in [3.05, 3.63) is 12.3 Å². The first-order chi connectivity index (χ1) is 8.34. The van der Waals surface area contributed by atoms with E-state index in [1.54, 1.807) is 6.07 Å². The van der Waals surface area contributed by atoms with Crippen LogP contribution in [0.5, 0.6) is 0 Å². The quantitative estimate of drug-likeness (QED) is 0.782. The Bertz CT molecular complexity index is 335. The molecular weight excluding hydrogens is 224 g/mol. The molecule has 0 radical (unpaired) electrons. The van der Waals surface area contributed by atoms with Crippen molar-refractivity contribution < 1.29 is 14.1 Å². The summed E-state index contributed by atoms with van der Waals surface area (Å²) >= 11 is 0. The Balaban J connectivity index is 1.59. The van der Waals surface area contributed by atoms with Gasteiger partial charge in [0.05, 0.1) is 19.4 Å². The SMILES string of the molecule is O=C(NCCN1CCOCC1)Nc1ccno1. The van der Waals surface area contributed by atoms with Crippen molar-refractivity contribution in [3.8, 4) is 0 Å². The van der Waals surface area contributed by atoms with Crippen molar-refractivity contribution in [2.24, 2.45) is 0 Å². The van der Waals surface area contributed by atoms with Gasteiger partial charge in [-0.05, 0) is 0 Å². The lowest BCUT2D eigenvalue weighted by molar-refractivity contribution is 0.0388. The van der Waals surface area contributed by atoms with E-state index in [-0.39, 0.29) is 6.03 Å². The number of nitrogens with one attached hydrogen (secondary N) is 2. The zero-order valence-electron chi connectivity index (χ0n) is 9.52. The molecule has 0 aromatic carbocycles. The van der Waals surface area contributed by atoms with Gasteiger partial charge in [0.1, 0.15) is 0 Å². The van der Waals surface area contributed by atoms with Gasteiger partial charge in [-0.2, -0.15) is 0 Å². The number of urea groups is 1. The molecule has 1 saturated heterocycles. The van der Waals surface area contributed by atoms with Crippen molar-refractivity contribution in [2.45, 2.75) is 0 Å². The lowest BCUT2D eigenvalue weighted by Crippen LogP contribution is -2.42. The number of morpholine rings is 1. The second kappa shape index (κ2) is 6.21. The van der Waals surface area contributed by atoms with Crippen LogP contribution in [0.3, 0.4) is 0 Å². The first kappa shape index (κ1) is 11.9. The molecule has 94 valence electrons. The monoisotopic (exact) mass is 240 g/mol. The molecule has 7 heteroatoms. The molecule has 0 saturated carbocycles. The Morgan fingerprint density at radius 3 is 3.00 bits per heavy atom. The number of ether oxygens (including phenoxy) is 1. The molecule has 0 aliphatic carbocycles. The molecule has 2 amide bonds. The second-order valence-electron chi connectivity index (χ2n) is 3.71. The third-order valence-corrected chi connectivity index (χ3v) is 2.49. The zero-order valence-corrected chi connectivity index (χ0v) is 9.52. The highest BCUT2D eigenvalue weighted by Gasteiger charge is 2.10. The fourth-order valence-corrected chi connectivity index (χ4v) is 1.59. The standard InChI is InChI=1S/C10H16N4O3/c15-10(13-9-1-2-12-17-9)11-3-4-14-5-7-16-8-6-14/h1-2H,3-8H2,(H2,11,13,15). The summed E-state index contributed by atoms with van der Waals surface area (Å²) < 4.78 is 9.99. The summed E-state index contributed by atoms with van der Waals surface area (Å²) in [6.07, 6.45) is 1.48. The maximum atomic E-state index is 11.4. The van der Waals surface area contributed by atoms with Crippen molar-refractivity contribution in [1.29, 1.82) is 0 Å². The Morgan fingerprint density at radius 1 is 1.47 bits per heavy atom. The molecule has 2 rings (SSSR count). The smallest absolute Gasteiger partial charge is 0.321 e. The van der Waals surface area contributed by atoms with Crippen LogP contribution in [0, 0.1) is 0 Å². The number of anilines is 1. The van der Waals surface area contributed by atoms with Gasteiger partial charge in [-0.25, -0.2) is 4.79 Å². The Kier molecular flexibility index (Phi) is 4.34. The normalized spacial score (nSPS) is 16.7. The van der Waals surface area contributed by atoms with Gasteiger partial charge in [-0.1, -0.05) is 5.16 Å². The van der Waals surface area contributed by atoms with Crippen LogP contribution in [0.25, 0.3) is 0 Å². The third kappa shape index (κ3) is 4.04. The number of hydrogen-bond acceptors (Lipinski definition) is 5. The van der Waals surface area contributed by atoms with Gasteiger partial charge in [0, 0.05) is 32.2 Å². The molecule has 2 N–H and O–H groups in total. The van der Waals surface area contributed by atoms with E-state index in [0.29, 0.717) is 12.4 Å². The van der Waals surface area contributed by atoms with Crippen molar-refractivity contribution in [1.82, 2.24) is 15.4 Å². The summed E-state index contributed by atoms with van der Waals surface area (Å²) in [4.78, 5) is 13.6. The zero-order chi connectivity index (χ0) is 11.9. The second-order valence-corrected chi connectivity index (χ2v) is 3.71. The summed E-state index contributed by atoms with van der Waals surface area (Å²) in [5.74, 6) is 0.342. The van der Waals surface area contributed by atoms with E-state index in [1.807, 2.05) is 0 Å². The number of carbonyl (C=O) groups excluding carboxylic acids is 1. The molecule has 1 aromatic rings. The number of rotatable bonds is 4. The van der Waals surface area contributed by atoms with Gasteiger partial charge in [0.25, 0.3) is 0 Å². The molecule has 0 unspecified atom stereocenters. The van der Waals surface area contributed by atoms with Crippen LogP contribution in [0.15, 0.2) is 16.8 Å². The highest BCUT2D eigenvalue weighted by atomic mass is 16.5. The molecule has 0 bridgehead atoms. The van der Waals surface area contributed by atoms with Crippen LogP contribution in [-0.2, 0) is 4.74 Å². The first-order valence-electron chi connectivity index (χ1n) is 5.60. The number of amides is 2. The molecule has 17 heavy (non-hydrogen) atoms. The topological polar surface area (TPSA) is 79.6 Å². The molecule has 7 nitrogen and oxygen atoms in total. The van der Waals surface area contributed by atoms with E-state index < -0.39 is 0 Å². The maximum absolute atomic E-state index is 11.4. The van der Waals surface area contributed by atoms with Gasteiger partial charge >= 0.3 is 6.03 Å². The highest BCUT2D eigenvalue weighted by Crippen LogP contribution is 2.02. The van der Waals surface area contributed by atoms with E-state index >= 15 is 0 Å². The molecule has 2 heterocycles. The Labute approximate surface area is 99.1 Å². The number of carbonyl (C=O) groups is 1. The van der Waals surface area contributed by atoms with Crippen LogP contribution in [-0.4, -0.2) is 55.5 Å². The molecule has 1 aromatic heterocycles. The van der Waals surface area contributed by atoms with Crippen LogP contribution in [0.4, 0.5) is 10.7 Å². The van der Waals surface area contributed by atoms with Gasteiger partial charge < -0.3 is 14.6 Å². The minimum Gasteiger partial charge on any atom is -0.379 e. The highest BCUT2D eigenvalue weighted by molar-refractivity contribution is 5.87.